The molecule has 2 N–H and O–H groups in total. The molecule has 8 heteroatoms. The largest absolute Gasteiger partial charge is 0.489 e. The predicted octanol–water partition coefficient (Wildman–Crippen LogP) is 3.71. The van der Waals surface area contributed by atoms with Crippen LogP contribution in [0.2, 0.25) is 0 Å². The number of carbonyl (C=O) groups excluding carboxylic acids is 1. The summed E-state index contributed by atoms with van der Waals surface area (Å²) in [5.41, 5.74) is 0.684. The molecule has 0 fully saturated rings. The molecule has 2 aromatic rings. The average molecular weight is 419 g/mol. The number of nitrogens with zero attached hydrogens (tertiary/aromatic N) is 2. The van der Waals surface area contributed by atoms with E-state index in [0.717, 1.165) is 17.3 Å². The molecule has 1 aromatic heterocycles. The molecule has 0 aliphatic heterocycles. The summed E-state index contributed by atoms with van der Waals surface area (Å²) in [6.45, 7) is 11.2. The van der Waals surface area contributed by atoms with E-state index >= 15 is 0 Å². The Morgan fingerprint density at radius 3 is 2.62 bits per heavy atom. The zero-order valence-electron chi connectivity index (χ0n) is 17.7. The molecule has 0 amide bonds. The number of carbonyl (C=O) groups is 1. The lowest BCUT2D eigenvalue weighted by Gasteiger charge is -2.17. The van der Waals surface area contributed by atoms with E-state index in [9.17, 15) is 4.79 Å². The number of aromatic nitrogens is 1. The SMILES string of the molecule is CCNC(=NCC(C)Oc1ccccc1)NC(C)c1nc(C)c(C(=O)OCC)s1. The van der Waals surface area contributed by atoms with Gasteiger partial charge < -0.3 is 20.1 Å². The van der Waals surface area contributed by atoms with Gasteiger partial charge in [0.2, 0.25) is 0 Å². The fourth-order valence-corrected chi connectivity index (χ4v) is 3.53. The molecule has 0 bridgehead atoms. The van der Waals surface area contributed by atoms with E-state index in [1.807, 2.05) is 58.0 Å². The van der Waals surface area contributed by atoms with Gasteiger partial charge >= 0.3 is 5.97 Å². The third kappa shape index (κ3) is 7.05. The number of esters is 1. The van der Waals surface area contributed by atoms with Crippen molar-refractivity contribution in [2.45, 2.75) is 46.8 Å². The smallest absolute Gasteiger partial charge is 0.350 e. The standard InChI is InChI=1S/C21H30N4O3S/c1-6-22-21(23-13-14(3)28-17-11-9-8-10-12-17)25-16(5)19-24-15(4)18(29-19)20(26)27-7-2/h8-12,14,16H,6-7,13H2,1-5H3,(H2,22,23,25). The van der Waals surface area contributed by atoms with Crippen LogP contribution in [0.1, 0.15) is 54.1 Å². The van der Waals surface area contributed by atoms with Crippen molar-refractivity contribution >= 4 is 23.3 Å². The second-order valence-electron chi connectivity index (χ2n) is 6.51. The molecular weight excluding hydrogens is 388 g/mol. The van der Waals surface area contributed by atoms with E-state index in [-0.39, 0.29) is 18.1 Å². The normalized spacial score (nSPS) is 13.5. The minimum atomic E-state index is -0.326. The first-order chi connectivity index (χ1) is 13.9. The van der Waals surface area contributed by atoms with Crippen LogP contribution < -0.4 is 15.4 Å². The van der Waals surface area contributed by atoms with Crippen molar-refractivity contribution in [2.75, 3.05) is 19.7 Å². The number of nitrogens with one attached hydrogen (secondary N) is 2. The van der Waals surface area contributed by atoms with Gasteiger partial charge in [0.25, 0.3) is 0 Å². The number of ether oxygens (including phenoxy) is 2. The fourth-order valence-electron chi connectivity index (χ4n) is 2.56. The highest BCUT2D eigenvalue weighted by atomic mass is 32.1. The van der Waals surface area contributed by atoms with Crippen LogP contribution in [0.5, 0.6) is 5.75 Å². The van der Waals surface area contributed by atoms with Crippen LogP contribution in [0.15, 0.2) is 35.3 Å². The van der Waals surface area contributed by atoms with Gasteiger partial charge in [0.05, 0.1) is 24.9 Å². The molecule has 29 heavy (non-hydrogen) atoms. The Kier molecular flexibility index (Phi) is 8.92. The van der Waals surface area contributed by atoms with Crippen LogP contribution in [-0.4, -0.2) is 42.7 Å². The van der Waals surface area contributed by atoms with Crippen molar-refractivity contribution in [1.82, 2.24) is 15.6 Å². The van der Waals surface area contributed by atoms with Crippen molar-refractivity contribution in [3.8, 4) is 5.75 Å². The van der Waals surface area contributed by atoms with E-state index in [1.54, 1.807) is 6.92 Å². The highest BCUT2D eigenvalue weighted by molar-refractivity contribution is 7.13. The van der Waals surface area contributed by atoms with Gasteiger partial charge in [-0.2, -0.15) is 0 Å². The van der Waals surface area contributed by atoms with Crippen molar-refractivity contribution < 1.29 is 14.3 Å². The Hall–Kier alpha value is -2.61. The van der Waals surface area contributed by atoms with Gasteiger partial charge in [-0.25, -0.2) is 14.8 Å². The monoisotopic (exact) mass is 418 g/mol. The number of hydrogen-bond donors (Lipinski definition) is 2. The molecule has 7 nitrogen and oxygen atoms in total. The molecule has 0 saturated heterocycles. The highest BCUT2D eigenvalue weighted by Crippen LogP contribution is 2.24. The van der Waals surface area contributed by atoms with Gasteiger partial charge in [0, 0.05) is 6.54 Å². The first kappa shape index (κ1) is 22.7. The van der Waals surface area contributed by atoms with E-state index in [2.05, 4.69) is 20.6 Å². The molecule has 158 valence electrons. The number of para-hydroxylation sites is 1. The summed E-state index contributed by atoms with van der Waals surface area (Å²) in [6.07, 6.45) is -0.0688. The van der Waals surface area contributed by atoms with E-state index < -0.39 is 0 Å². The molecule has 2 atom stereocenters. The number of hydrogen-bond acceptors (Lipinski definition) is 6. The van der Waals surface area contributed by atoms with Crippen molar-refractivity contribution in [3.63, 3.8) is 0 Å². The van der Waals surface area contributed by atoms with Gasteiger partial charge in [-0.15, -0.1) is 11.3 Å². The molecule has 1 heterocycles. The summed E-state index contributed by atoms with van der Waals surface area (Å²) < 4.78 is 11.0. The summed E-state index contributed by atoms with van der Waals surface area (Å²) >= 11 is 1.35. The molecule has 2 rings (SSSR count). The molecule has 1 aromatic carbocycles. The number of guanidine groups is 1. The van der Waals surface area contributed by atoms with E-state index in [0.29, 0.717) is 29.7 Å². The van der Waals surface area contributed by atoms with Crippen LogP contribution in [0.25, 0.3) is 0 Å². The molecule has 0 saturated carbocycles. The number of thiazole rings is 1. The van der Waals surface area contributed by atoms with Crippen molar-refractivity contribution in [2.24, 2.45) is 4.99 Å². The zero-order chi connectivity index (χ0) is 21.2. The molecular formula is C21H30N4O3S. The maximum Gasteiger partial charge on any atom is 0.350 e. The van der Waals surface area contributed by atoms with Crippen LogP contribution in [0, 0.1) is 6.92 Å². The van der Waals surface area contributed by atoms with E-state index in [4.69, 9.17) is 9.47 Å². The minimum Gasteiger partial charge on any atom is -0.489 e. The Morgan fingerprint density at radius 1 is 1.24 bits per heavy atom. The summed E-state index contributed by atoms with van der Waals surface area (Å²) in [5.74, 6) is 1.17. The van der Waals surface area contributed by atoms with Crippen molar-refractivity contribution in [3.05, 3.63) is 45.9 Å². The lowest BCUT2D eigenvalue weighted by molar-refractivity contribution is 0.0531. The summed E-state index contributed by atoms with van der Waals surface area (Å²) in [5, 5.41) is 7.39. The maximum atomic E-state index is 12.0. The van der Waals surface area contributed by atoms with Gasteiger partial charge in [-0.05, 0) is 46.8 Å². The first-order valence-corrected chi connectivity index (χ1v) is 10.7. The molecule has 0 spiro atoms. The maximum absolute atomic E-state index is 12.0. The molecule has 0 radical (unpaired) electrons. The Morgan fingerprint density at radius 2 is 1.97 bits per heavy atom. The Labute approximate surface area is 176 Å². The van der Waals surface area contributed by atoms with Crippen LogP contribution in [0.4, 0.5) is 0 Å². The second-order valence-corrected chi connectivity index (χ2v) is 7.54. The summed E-state index contributed by atoms with van der Waals surface area (Å²) in [7, 11) is 0. The highest BCUT2D eigenvalue weighted by Gasteiger charge is 2.20. The lowest BCUT2D eigenvalue weighted by Crippen LogP contribution is -2.39. The molecule has 0 aliphatic rings. The quantitative estimate of drug-likeness (QED) is 0.367. The molecule has 0 aliphatic carbocycles. The summed E-state index contributed by atoms with van der Waals surface area (Å²) in [6, 6.07) is 9.59. The molecule has 2 unspecified atom stereocenters. The van der Waals surface area contributed by atoms with Gasteiger partial charge in [0.1, 0.15) is 21.7 Å². The number of rotatable bonds is 9. The van der Waals surface area contributed by atoms with Gasteiger partial charge in [0.15, 0.2) is 5.96 Å². The number of benzene rings is 1. The predicted molar refractivity (Wildman–Crippen MR) is 117 cm³/mol. The van der Waals surface area contributed by atoms with Crippen LogP contribution in [0.3, 0.4) is 0 Å². The number of aryl methyl sites for hydroxylation is 1. The third-order valence-corrected chi connectivity index (χ3v) is 5.25. The van der Waals surface area contributed by atoms with Crippen molar-refractivity contribution in [1.29, 1.82) is 0 Å². The van der Waals surface area contributed by atoms with Crippen LogP contribution in [-0.2, 0) is 4.74 Å². The fraction of sp³-hybridized carbons (Fsp3) is 0.476. The van der Waals surface area contributed by atoms with E-state index in [1.165, 1.54) is 11.3 Å². The van der Waals surface area contributed by atoms with Gasteiger partial charge in [-0.1, -0.05) is 18.2 Å². The second kappa shape index (κ2) is 11.4. The topological polar surface area (TPSA) is 84.8 Å². The van der Waals surface area contributed by atoms with Gasteiger partial charge in [-0.3, -0.25) is 0 Å². The average Bonchev–Trinajstić information content (AvgIpc) is 3.09. The third-order valence-electron chi connectivity index (χ3n) is 3.93. The Balaban J connectivity index is 2.00. The van der Waals surface area contributed by atoms with Crippen LogP contribution >= 0.6 is 11.3 Å². The lowest BCUT2D eigenvalue weighted by atomic mass is 10.3. The Bertz CT molecular complexity index is 808. The summed E-state index contributed by atoms with van der Waals surface area (Å²) in [4.78, 5) is 21.7. The first-order valence-electron chi connectivity index (χ1n) is 9.85. The number of aliphatic imine (C=N–C) groups is 1. The zero-order valence-corrected chi connectivity index (χ0v) is 18.5. The minimum absolute atomic E-state index is 0.0688.